The van der Waals surface area contributed by atoms with Gasteiger partial charge in [-0.1, -0.05) is 18.2 Å². The molecule has 168 valence electrons. The maximum Gasteiger partial charge on any atom is 0.229 e. The van der Waals surface area contributed by atoms with Crippen LogP contribution in [0.5, 0.6) is 11.5 Å². The minimum Gasteiger partial charge on any atom is -0.493 e. The molecule has 0 saturated heterocycles. The number of rotatable bonds is 9. The predicted octanol–water partition coefficient (Wildman–Crippen LogP) is 4.73. The summed E-state index contributed by atoms with van der Waals surface area (Å²) in [6, 6.07) is 11.4. The van der Waals surface area contributed by atoms with Gasteiger partial charge in [0.25, 0.3) is 0 Å². The number of anilines is 2. The average molecular weight is 454 g/mol. The van der Waals surface area contributed by atoms with Crippen molar-refractivity contribution in [2.45, 2.75) is 33.2 Å². The van der Waals surface area contributed by atoms with Crippen LogP contribution in [0.25, 0.3) is 0 Å². The molecular formula is C24H27N3O4S. The van der Waals surface area contributed by atoms with Gasteiger partial charge in [-0.15, -0.1) is 11.3 Å². The normalized spacial score (nSPS) is 10.5. The minimum atomic E-state index is -0.197. The second-order valence-electron chi connectivity index (χ2n) is 7.35. The minimum absolute atomic E-state index is 0.0730. The van der Waals surface area contributed by atoms with Crippen LogP contribution in [0.15, 0.2) is 48.0 Å². The summed E-state index contributed by atoms with van der Waals surface area (Å²) in [7, 11) is 3.14. The van der Waals surface area contributed by atoms with Crippen LogP contribution in [0.3, 0.4) is 0 Å². The zero-order valence-electron chi connectivity index (χ0n) is 18.7. The largest absolute Gasteiger partial charge is 0.493 e. The topological polar surface area (TPSA) is 80.8 Å². The number of methoxy groups -OCH3 is 2. The number of thiazole rings is 1. The number of carbonyl (C=O) groups is 2. The number of benzene rings is 2. The van der Waals surface area contributed by atoms with Crippen LogP contribution < -0.4 is 19.7 Å². The summed E-state index contributed by atoms with van der Waals surface area (Å²) in [5.41, 5.74) is 3.68. The number of amides is 2. The lowest BCUT2D eigenvalue weighted by molar-refractivity contribution is -0.122. The van der Waals surface area contributed by atoms with Gasteiger partial charge in [0.15, 0.2) is 16.6 Å². The van der Waals surface area contributed by atoms with Crippen LogP contribution in [0.1, 0.15) is 29.5 Å². The van der Waals surface area contributed by atoms with Crippen molar-refractivity contribution >= 4 is 34.0 Å². The molecule has 0 aliphatic heterocycles. The molecular weight excluding hydrogens is 426 g/mol. The van der Waals surface area contributed by atoms with Crippen LogP contribution in [-0.4, -0.2) is 31.0 Å². The summed E-state index contributed by atoms with van der Waals surface area (Å²) in [5.74, 6) is 0.832. The third kappa shape index (κ3) is 5.85. The van der Waals surface area contributed by atoms with Gasteiger partial charge < -0.3 is 14.8 Å². The van der Waals surface area contributed by atoms with Crippen LogP contribution in [0.4, 0.5) is 10.8 Å². The van der Waals surface area contributed by atoms with E-state index in [9.17, 15) is 9.59 Å². The third-order valence-electron chi connectivity index (χ3n) is 4.97. The average Bonchev–Trinajstić information content (AvgIpc) is 3.32. The van der Waals surface area contributed by atoms with E-state index < -0.39 is 0 Å². The first-order valence-corrected chi connectivity index (χ1v) is 11.1. The summed E-state index contributed by atoms with van der Waals surface area (Å²) in [6.07, 6.45) is 1.81. The highest BCUT2D eigenvalue weighted by Gasteiger charge is 2.20. The van der Waals surface area contributed by atoms with Crippen molar-refractivity contribution in [1.82, 2.24) is 4.98 Å². The van der Waals surface area contributed by atoms with Gasteiger partial charge in [-0.3, -0.25) is 14.5 Å². The number of carbonyl (C=O) groups excluding carboxylic acids is 2. The molecule has 1 N–H and O–H groups in total. The Balaban J connectivity index is 1.69. The molecule has 0 aliphatic rings. The molecule has 3 aromatic rings. The first kappa shape index (κ1) is 23.3. The van der Waals surface area contributed by atoms with Crippen molar-refractivity contribution in [2.75, 3.05) is 24.4 Å². The summed E-state index contributed by atoms with van der Waals surface area (Å²) >= 11 is 1.37. The lowest BCUT2D eigenvalue weighted by atomic mass is 10.1. The second-order valence-corrected chi connectivity index (χ2v) is 8.22. The Hall–Kier alpha value is -3.39. The van der Waals surface area contributed by atoms with Gasteiger partial charge in [0.2, 0.25) is 11.8 Å². The standard InChI is InChI=1S/C24H27N3O4S/c1-16-5-6-17(2)19(13-16)26-22(28)9-10-23(29)27(24-25-11-12-32-24)15-18-7-8-20(30-3)21(14-18)31-4/h5-8,11-14H,9-10,15H2,1-4H3,(H,26,28). The Labute approximate surface area is 192 Å². The molecule has 0 spiro atoms. The second kappa shape index (κ2) is 10.8. The first-order valence-electron chi connectivity index (χ1n) is 10.2. The fourth-order valence-electron chi connectivity index (χ4n) is 3.21. The zero-order chi connectivity index (χ0) is 23.1. The molecule has 0 atom stereocenters. The van der Waals surface area contributed by atoms with Crippen LogP contribution in [-0.2, 0) is 16.1 Å². The zero-order valence-corrected chi connectivity index (χ0v) is 19.5. The summed E-state index contributed by atoms with van der Waals surface area (Å²) < 4.78 is 10.7. The van der Waals surface area contributed by atoms with Crippen molar-refractivity contribution in [1.29, 1.82) is 0 Å². The van der Waals surface area contributed by atoms with E-state index in [0.717, 1.165) is 22.4 Å². The number of aromatic nitrogens is 1. The van der Waals surface area contributed by atoms with E-state index in [1.165, 1.54) is 11.3 Å². The molecule has 32 heavy (non-hydrogen) atoms. The molecule has 1 aromatic heterocycles. The number of nitrogens with one attached hydrogen (secondary N) is 1. The highest BCUT2D eigenvalue weighted by molar-refractivity contribution is 7.13. The molecule has 1 heterocycles. The van der Waals surface area contributed by atoms with Crippen molar-refractivity contribution in [3.63, 3.8) is 0 Å². The molecule has 0 unspecified atom stereocenters. The number of nitrogens with zero attached hydrogens (tertiary/aromatic N) is 2. The molecule has 0 bridgehead atoms. The Bertz CT molecular complexity index is 1080. The van der Waals surface area contributed by atoms with Gasteiger partial charge in [0.05, 0.1) is 20.8 Å². The van der Waals surface area contributed by atoms with Crippen LogP contribution in [0.2, 0.25) is 0 Å². The summed E-state index contributed by atoms with van der Waals surface area (Å²) in [4.78, 5) is 31.4. The summed E-state index contributed by atoms with van der Waals surface area (Å²) in [6.45, 7) is 4.22. The molecule has 2 amide bonds. The Morgan fingerprint density at radius 2 is 1.81 bits per heavy atom. The molecule has 0 radical (unpaired) electrons. The van der Waals surface area contributed by atoms with Crippen LogP contribution in [0, 0.1) is 13.8 Å². The Kier molecular flexibility index (Phi) is 7.83. The number of hydrogen-bond donors (Lipinski definition) is 1. The maximum atomic E-state index is 13.1. The lowest BCUT2D eigenvalue weighted by Crippen LogP contribution is -2.31. The maximum absolute atomic E-state index is 13.1. The Morgan fingerprint density at radius 3 is 2.50 bits per heavy atom. The van der Waals surface area contributed by atoms with E-state index in [1.54, 1.807) is 31.4 Å². The van der Waals surface area contributed by atoms with Crippen molar-refractivity contribution in [2.24, 2.45) is 0 Å². The first-order chi connectivity index (χ1) is 15.4. The van der Waals surface area contributed by atoms with E-state index in [0.29, 0.717) is 23.2 Å². The third-order valence-corrected chi connectivity index (χ3v) is 5.77. The number of ether oxygens (including phenoxy) is 2. The highest BCUT2D eigenvalue weighted by Crippen LogP contribution is 2.29. The van der Waals surface area contributed by atoms with Crippen LogP contribution >= 0.6 is 11.3 Å². The van der Waals surface area contributed by atoms with E-state index in [1.807, 2.05) is 49.6 Å². The predicted molar refractivity (Wildman–Crippen MR) is 127 cm³/mol. The van der Waals surface area contributed by atoms with Crippen molar-refractivity contribution in [3.05, 3.63) is 64.7 Å². The molecule has 8 heteroatoms. The van der Waals surface area contributed by atoms with Gasteiger partial charge in [0.1, 0.15) is 0 Å². The molecule has 0 fully saturated rings. The molecule has 7 nitrogen and oxygen atoms in total. The highest BCUT2D eigenvalue weighted by atomic mass is 32.1. The van der Waals surface area contributed by atoms with E-state index in [4.69, 9.17) is 9.47 Å². The number of hydrogen-bond acceptors (Lipinski definition) is 6. The molecule has 3 rings (SSSR count). The van der Waals surface area contributed by atoms with Gasteiger partial charge >= 0.3 is 0 Å². The van der Waals surface area contributed by atoms with Crippen molar-refractivity contribution in [3.8, 4) is 11.5 Å². The molecule has 0 saturated carbocycles. The van der Waals surface area contributed by atoms with E-state index in [-0.39, 0.29) is 24.7 Å². The quantitative estimate of drug-likeness (QED) is 0.507. The van der Waals surface area contributed by atoms with Gasteiger partial charge in [-0.05, 0) is 48.7 Å². The van der Waals surface area contributed by atoms with Crippen molar-refractivity contribution < 1.29 is 19.1 Å². The van der Waals surface area contributed by atoms with Gasteiger partial charge in [-0.25, -0.2) is 4.98 Å². The Morgan fingerprint density at radius 1 is 1.03 bits per heavy atom. The number of aryl methyl sites for hydroxylation is 2. The monoisotopic (exact) mass is 453 g/mol. The van der Waals surface area contributed by atoms with Gasteiger partial charge in [-0.2, -0.15) is 0 Å². The fourth-order valence-corrected chi connectivity index (χ4v) is 3.87. The molecule has 0 aliphatic carbocycles. The van der Waals surface area contributed by atoms with E-state index in [2.05, 4.69) is 10.3 Å². The lowest BCUT2D eigenvalue weighted by Gasteiger charge is -2.21. The molecule has 2 aromatic carbocycles. The van der Waals surface area contributed by atoms with Gasteiger partial charge in [0, 0.05) is 30.1 Å². The van der Waals surface area contributed by atoms with E-state index >= 15 is 0 Å². The smallest absolute Gasteiger partial charge is 0.229 e. The fraction of sp³-hybridized carbons (Fsp3) is 0.292. The summed E-state index contributed by atoms with van der Waals surface area (Å²) in [5, 5.41) is 5.30. The SMILES string of the molecule is COc1ccc(CN(C(=O)CCC(=O)Nc2cc(C)ccc2C)c2nccs2)cc1OC.